The summed E-state index contributed by atoms with van der Waals surface area (Å²) in [6.45, 7) is 6.54. The van der Waals surface area contributed by atoms with Crippen molar-refractivity contribution in [1.82, 2.24) is 4.90 Å². The van der Waals surface area contributed by atoms with Crippen LogP contribution in [0.2, 0.25) is 0 Å². The summed E-state index contributed by atoms with van der Waals surface area (Å²) in [6.07, 6.45) is 0.338. The van der Waals surface area contributed by atoms with Gasteiger partial charge in [-0.05, 0) is 20.8 Å². The molecular weight excluding hydrogens is 226 g/mol. The summed E-state index contributed by atoms with van der Waals surface area (Å²) >= 11 is 0. The fourth-order valence-electron chi connectivity index (χ4n) is 2.37. The Balaban J connectivity index is 2.14. The molecule has 1 aromatic carbocycles. The van der Waals surface area contributed by atoms with Gasteiger partial charge in [0.05, 0.1) is 0 Å². The van der Waals surface area contributed by atoms with Crippen molar-refractivity contribution in [2.75, 3.05) is 6.54 Å². The van der Waals surface area contributed by atoms with Gasteiger partial charge in [-0.2, -0.15) is 0 Å². The highest BCUT2D eigenvalue weighted by Gasteiger charge is 2.39. The molecule has 1 atom stereocenters. The fourth-order valence-corrected chi connectivity index (χ4v) is 2.37. The second-order valence-corrected chi connectivity index (χ2v) is 5.81. The lowest BCUT2D eigenvalue weighted by atomic mass is 9.97. The molecule has 18 heavy (non-hydrogen) atoms. The van der Waals surface area contributed by atoms with Gasteiger partial charge < -0.3 is 4.90 Å². The first-order valence-corrected chi connectivity index (χ1v) is 6.29. The van der Waals surface area contributed by atoms with E-state index in [1.54, 1.807) is 4.90 Å². The second kappa shape index (κ2) is 4.56. The van der Waals surface area contributed by atoms with Crippen LogP contribution in [0.15, 0.2) is 30.3 Å². The van der Waals surface area contributed by atoms with E-state index in [-0.39, 0.29) is 23.1 Å². The second-order valence-electron chi connectivity index (χ2n) is 5.81. The number of nitrogens with zero attached hydrogens (tertiary/aromatic N) is 1. The van der Waals surface area contributed by atoms with Crippen LogP contribution in [0.3, 0.4) is 0 Å². The summed E-state index contributed by atoms with van der Waals surface area (Å²) in [5, 5.41) is 0. The van der Waals surface area contributed by atoms with E-state index in [0.29, 0.717) is 18.5 Å². The van der Waals surface area contributed by atoms with Gasteiger partial charge in [-0.1, -0.05) is 30.3 Å². The predicted octanol–water partition coefficient (Wildman–Crippen LogP) is 2.52. The summed E-state index contributed by atoms with van der Waals surface area (Å²) in [5.74, 6) is -0.0355. The Morgan fingerprint density at radius 2 is 1.83 bits per heavy atom. The monoisotopic (exact) mass is 245 g/mol. The third-order valence-electron chi connectivity index (χ3n) is 3.36. The molecule has 1 fully saturated rings. The lowest BCUT2D eigenvalue weighted by Gasteiger charge is -2.31. The third-order valence-corrected chi connectivity index (χ3v) is 3.36. The average Bonchev–Trinajstić information content (AvgIpc) is 2.71. The van der Waals surface area contributed by atoms with E-state index < -0.39 is 0 Å². The zero-order valence-corrected chi connectivity index (χ0v) is 11.1. The number of ketones is 1. The minimum absolute atomic E-state index is 0.0794. The molecule has 1 aromatic rings. The molecule has 0 N–H and O–H groups in total. The Morgan fingerprint density at radius 1 is 1.22 bits per heavy atom. The number of carbonyl (C=O) groups excluding carboxylic acids is 2. The predicted molar refractivity (Wildman–Crippen MR) is 70.3 cm³/mol. The van der Waals surface area contributed by atoms with Crippen molar-refractivity contribution in [3.8, 4) is 0 Å². The van der Waals surface area contributed by atoms with Crippen LogP contribution in [0, 0.1) is 5.92 Å². The van der Waals surface area contributed by atoms with E-state index >= 15 is 0 Å². The van der Waals surface area contributed by atoms with Gasteiger partial charge in [-0.25, -0.2) is 0 Å². The molecule has 1 amide bonds. The van der Waals surface area contributed by atoms with E-state index in [9.17, 15) is 9.59 Å². The Labute approximate surface area is 108 Å². The van der Waals surface area contributed by atoms with E-state index in [1.807, 2.05) is 51.1 Å². The van der Waals surface area contributed by atoms with Gasteiger partial charge >= 0.3 is 0 Å². The van der Waals surface area contributed by atoms with E-state index in [0.717, 1.165) is 0 Å². The van der Waals surface area contributed by atoms with Gasteiger partial charge in [0.2, 0.25) is 5.91 Å². The van der Waals surface area contributed by atoms with Crippen molar-refractivity contribution in [3.05, 3.63) is 35.9 Å². The summed E-state index contributed by atoms with van der Waals surface area (Å²) in [6, 6.07) is 9.22. The molecule has 0 saturated carbocycles. The lowest BCUT2D eigenvalue weighted by molar-refractivity contribution is -0.131. The van der Waals surface area contributed by atoms with Crippen LogP contribution in [-0.4, -0.2) is 28.7 Å². The highest BCUT2D eigenvalue weighted by atomic mass is 16.2. The first kappa shape index (κ1) is 12.8. The summed E-state index contributed by atoms with van der Waals surface area (Å²) in [7, 11) is 0. The van der Waals surface area contributed by atoms with Gasteiger partial charge in [0.25, 0.3) is 0 Å². The van der Waals surface area contributed by atoms with Crippen molar-refractivity contribution in [2.45, 2.75) is 32.7 Å². The fraction of sp³-hybridized carbons (Fsp3) is 0.467. The molecule has 0 bridgehead atoms. The Hall–Kier alpha value is -1.64. The number of hydrogen-bond donors (Lipinski definition) is 0. The zero-order chi connectivity index (χ0) is 13.3. The standard InChI is InChI=1S/C15H19NO2/c1-15(2,3)16-10-12(9-13(16)17)14(18)11-7-5-4-6-8-11/h4-8,12H,9-10H2,1-3H3/t12-/m1/s1. The Morgan fingerprint density at radius 3 is 2.33 bits per heavy atom. The normalized spacial score (nSPS) is 20.3. The highest BCUT2D eigenvalue weighted by Crippen LogP contribution is 2.27. The topological polar surface area (TPSA) is 37.4 Å². The van der Waals surface area contributed by atoms with Crippen molar-refractivity contribution in [2.24, 2.45) is 5.92 Å². The maximum absolute atomic E-state index is 12.3. The first-order valence-electron chi connectivity index (χ1n) is 6.29. The molecule has 0 aliphatic carbocycles. The van der Waals surface area contributed by atoms with Crippen LogP contribution in [0.1, 0.15) is 37.6 Å². The number of benzene rings is 1. The number of Topliss-reactive ketones (excluding diaryl/α,β-unsaturated/α-hetero) is 1. The number of rotatable bonds is 2. The molecule has 0 radical (unpaired) electrons. The molecular formula is C15H19NO2. The largest absolute Gasteiger partial charge is 0.337 e. The Kier molecular flexibility index (Phi) is 3.24. The smallest absolute Gasteiger partial charge is 0.223 e. The molecule has 2 rings (SSSR count). The van der Waals surface area contributed by atoms with Gasteiger partial charge in [0, 0.05) is 30.0 Å². The molecule has 1 saturated heterocycles. The van der Waals surface area contributed by atoms with Crippen molar-refractivity contribution < 1.29 is 9.59 Å². The van der Waals surface area contributed by atoms with Gasteiger partial charge in [0.15, 0.2) is 5.78 Å². The number of amides is 1. The molecule has 0 aromatic heterocycles. The molecule has 96 valence electrons. The Bertz CT molecular complexity index is 459. The quantitative estimate of drug-likeness (QED) is 0.751. The summed E-state index contributed by atoms with van der Waals surface area (Å²) in [5.41, 5.74) is 0.495. The van der Waals surface area contributed by atoms with Crippen molar-refractivity contribution >= 4 is 11.7 Å². The van der Waals surface area contributed by atoms with Crippen LogP contribution >= 0.6 is 0 Å². The SMILES string of the molecule is CC(C)(C)N1C[C@H](C(=O)c2ccccc2)CC1=O. The van der Waals surface area contributed by atoms with Crippen molar-refractivity contribution in [1.29, 1.82) is 0 Å². The van der Waals surface area contributed by atoms with E-state index in [2.05, 4.69) is 0 Å². The number of carbonyl (C=O) groups is 2. The van der Waals surface area contributed by atoms with E-state index in [1.165, 1.54) is 0 Å². The maximum Gasteiger partial charge on any atom is 0.223 e. The zero-order valence-electron chi connectivity index (χ0n) is 11.1. The maximum atomic E-state index is 12.3. The van der Waals surface area contributed by atoms with E-state index in [4.69, 9.17) is 0 Å². The minimum atomic E-state index is -0.206. The third kappa shape index (κ3) is 2.45. The molecule has 1 aliphatic heterocycles. The first-order chi connectivity index (χ1) is 8.39. The summed E-state index contributed by atoms with van der Waals surface area (Å²) in [4.78, 5) is 26.0. The minimum Gasteiger partial charge on any atom is -0.337 e. The molecule has 1 heterocycles. The van der Waals surface area contributed by atoms with Gasteiger partial charge in [0.1, 0.15) is 0 Å². The molecule has 0 spiro atoms. The van der Waals surface area contributed by atoms with Crippen LogP contribution < -0.4 is 0 Å². The summed E-state index contributed by atoms with van der Waals surface area (Å²) < 4.78 is 0. The van der Waals surface area contributed by atoms with Gasteiger partial charge in [-0.3, -0.25) is 9.59 Å². The van der Waals surface area contributed by atoms with Crippen LogP contribution in [0.25, 0.3) is 0 Å². The molecule has 3 nitrogen and oxygen atoms in total. The molecule has 0 unspecified atom stereocenters. The number of likely N-dealkylation sites (tertiary alicyclic amines) is 1. The molecule has 1 aliphatic rings. The molecule has 3 heteroatoms. The lowest BCUT2D eigenvalue weighted by Crippen LogP contribution is -2.42. The van der Waals surface area contributed by atoms with Crippen LogP contribution in [0.5, 0.6) is 0 Å². The highest BCUT2D eigenvalue weighted by molar-refractivity contribution is 6.01. The number of hydrogen-bond acceptors (Lipinski definition) is 2. The van der Waals surface area contributed by atoms with Crippen LogP contribution in [0.4, 0.5) is 0 Å². The van der Waals surface area contributed by atoms with Crippen molar-refractivity contribution in [3.63, 3.8) is 0 Å². The average molecular weight is 245 g/mol. The van der Waals surface area contributed by atoms with Crippen LogP contribution in [-0.2, 0) is 4.79 Å². The van der Waals surface area contributed by atoms with Gasteiger partial charge in [-0.15, -0.1) is 0 Å².